The number of halogens is 1. The highest BCUT2D eigenvalue weighted by Crippen LogP contribution is 2.43. The summed E-state index contributed by atoms with van der Waals surface area (Å²) >= 11 is 1.49. The van der Waals surface area contributed by atoms with Gasteiger partial charge in [-0.3, -0.25) is 4.90 Å². The van der Waals surface area contributed by atoms with Gasteiger partial charge in [0.25, 0.3) is 0 Å². The second-order valence-corrected chi connectivity index (χ2v) is 9.27. The zero-order valence-electron chi connectivity index (χ0n) is 15.4. The normalized spacial score (nSPS) is 30.9. The van der Waals surface area contributed by atoms with Crippen LogP contribution in [0.25, 0.3) is 0 Å². The summed E-state index contributed by atoms with van der Waals surface area (Å²) in [7, 11) is 0. The third-order valence-corrected chi connectivity index (χ3v) is 7.47. The molecule has 3 aliphatic rings. The van der Waals surface area contributed by atoms with E-state index in [0.717, 1.165) is 30.2 Å². The first-order chi connectivity index (χ1) is 13.2. The number of hydrogen-bond acceptors (Lipinski definition) is 6. The van der Waals surface area contributed by atoms with E-state index in [1.54, 1.807) is 6.07 Å². The maximum atomic E-state index is 13.7. The van der Waals surface area contributed by atoms with Crippen LogP contribution < -0.4 is 10.6 Å². The second kappa shape index (κ2) is 7.02. The van der Waals surface area contributed by atoms with E-state index in [4.69, 9.17) is 5.73 Å². The van der Waals surface area contributed by atoms with Gasteiger partial charge in [-0.15, -0.1) is 10.2 Å². The number of rotatable bonds is 3. The molecule has 0 amide bonds. The Hall–Kier alpha value is -1.73. The monoisotopic (exact) mass is 387 g/mol. The Morgan fingerprint density at radius 3 is 2.89 bits per heavy atom. The average Bonchev–Trinajstić information content (AvgIpc) is 3.12. The minimum atomic E-state index is -0.133. The molecule has 4 heterocycles. The summed E-state index contributed by atoms with van der Waals surface area (Å²) in [5.41, 5.74) is 6.94. The van der Waals surface area contributed by atoms with Crippen molar-refractivity contribution in [1.82, 2.24) is 15.1 Å². The van der Waals surface area contributed by atoms with Gasteiger partial charge in [-0.1, -0.05) is 29.9 Å². The Balaban J connectivity index is 1.43. The van der Waals surface area contributed by atoms with E-state index in [-0.39, 0.29) is 5.82 Å². The molecule has 0 spiro atoms. The summed E-state index contributed by atoms with van der Waals surface area (Å²) in [6.07, 6.45) is 6.08. The van der Waals surface area contributed by atoms with Gasteiger partial charge in [0.15, 0.2) is 0 Å². The molecular weight excluding hydrogens is 361 g/mol. The number of piperidine rings is 3. The largest absolute Gasteiger partial charge is 0.374 e. The van der Waals surface area contributed by atoms with Crippen LogP contribution >= 0.6 is 11.3 Å². The van der Waals surface area contributed by atoms with Gasteiger partial charge < -0.3 is 10.6 Å². The molecule has 1 aromatic carbocycles. The number of anilines is 2. The quantitative estimate of drug-likeness (QED) is 0.877. The Labute approximate surface area is 163 Å². The lowest BCUT2D eigenvalue weighted by molar-refractivity contribution is -0.0317. The zero-order valence-corrected chi connectivity index (χ0v) is 16.2. The third kappa shape index (κ3) is 3.31. The van der Waals surface area contributed by atoms with E-state index < -0.39 is 0 Å². The first-order valence-electron chi connectivity index (χ1n) is 10.0. The molecule has 144 valence electrons. The van der Waals surface area contributed by atoms with E-state index in [1.807, 2.05) is 6.07 Å². The smallest absolute Gasteiger partial charge is 0.210 e. The summed E-state index contributed by atoms with van der Waals surface area (Å²) in [5, 5.41) is 9.81. The summed E-state index contributed by atoms with van der Waals surface area (Å²) in [4.78, 5) is 5.16. The fourth-order valence-electron chi connectivity index (χ4n) is 5.60. The molecule has 0 saturated carbocycles. The van der Waals surface area contributed by atoms with Gasteiger partial charge in [-0.05, 0) is 61.8 Å². The van der Waals surface area contributed by atoms with E-state index in [9.17, 15) is 4.39 Å². The van der Waals surface area contributed by atoms with Gasteiger partial charge in [0.05, 0.1) is 0 Å². The average molecular weight is 388 g/mol. The van der Waals surface area contributed by atoms with Crippen LogP contribution in [0.2, 0.25) is 0 Å². The molecule has 4 atom stereocenters. The van der Waals surface area contributed by atoms with Crippen molar-refractivity contribution in [2.24, 2.45) is 11.8 Å². The molecule has 7 heteroatoms. The molecule has 5 nitrogen and oxygen atoms in total. The number of nitrogen functional groups attached to an aromatic ring is 1. The van der Waals surface area contributed by atoms with Crippen molar-refractivity contribution >= 4 is 21.6 Å². The number of nitrogens with two attached hydrogens (primary N) is 1. The minimum Gasteiger partial charge on any atom is -0.374 e. The van der Waals surface area contributed by atoms with Crippen LogP contribution in [0, 0.1) is 17.7 Å². The molecule has 2 bridgehead atoms. The highest BCUT2D eigenvalue weighted by Gasteiger charge is 2.47. The molecule has 5 rings (SSSR count). The van der Waals surface area contributed by atoms with Crippen LogP contribution in [0.4, 0.5) is 14.7 Å². The lowest BCUT2D eigenvalue weighted by Gasteiger charge is -2.57. The SMILES string of the molecule is Nc1nnc(N2C[C@H]3C[C@@H](C2)[C@H](Cc2cccc(F)c2)N2CCCC[C@@H]32)s1. The van der Waals surface area contributed by atoms with Crippen molar-refractivity contribution in [2.75, 3.05) is 30.3 Å². The lowest BCUT2D eigenvalue weighted by Crippen LogP contribution is -2.64. The van der Waals surface area contributed by atoms with Crippen molar-refractivity contribution in [3.8, 4) is 0 Å². The molecule has 0 aliphatic carbocycles. The number of aromatic nitrogens is 2. The fourth-order valence-corrected chi connectivity index (χ4v) is 6.23. The first kappa shape index (κ1) is 17.4. The summed E-state index contributed by atoms with van der Waals surface area (Å²) in [6, 6.07) is 8.26. The minimum absolute atomic E-state index is 0.133. The van der Waals surface area contributed by atoms with Crippen molar-refractivity contribution in [3.63, 3.8) is 0 Å². The van der Waals surface area contributed by atoms with Gasteiger partial charge in [-0.25, -0.2) is 4.39 Å². The van der Waals surface area contributed by atoms with E-state index >= 15 is 0 Å². The van der Waals surface area contributed by atoms with Crippen molar-refractivity contribution < 1.29 is 4.39 Å². The molecule has 0 radical (unpaired) electrons. The van der Waals surface area contributed by atoms with Crippen molar-refractivity contribution in [3.05, 3.63) is 35.6 Å². The number of fused-ring (bicyclic) bond motifs is 4. The standard InChI is InChI=1S/C20H26FN5S/c21-16-5-3-4-13(8-16)9-18-15-10-14(17-6-1-2-7-26(17)18)11-25(12-15)20-24-23-19(22)27-20/h3-5,8,14-15,17-18H,1-2,6-7,9-12H2,(H2,22,23)/t14-,15+,17+,18+/m1/s1. The van der Waals surface area contributed by atoms with E-state index in [0.29, 0.717) is 29.1 Å². The zero-order chi connectivity index (χ0) is 18.4. The molecule has 1 aromatic heterocycles. The van der Waals surface area contributed by atoms with Crippen LogP contribution in [-0.2, 0) is 6.42 Å². The van der Waals surface area contributed by atoms with Crippen LogP contribution in [0.15, 0.2) is 24.3 Å². The lowest BCUT2D eigenvalue weighted by atomic mass is 9.71. The summed E-state index contributed by atoms with van der Waals surface area (Å²) in [6.45, 7) is 3.23. The van der Waals surface area contributed by atoms with Crippen LogP contribution in [0.1, 0.15) is 31.2 Å². The molecular formula is C20H26FN5S. The van der Waals surface area contributed by atoms with Gasteiger partial charge in [0.2, 0.25) is 10.3 Å². The molecule has 3 saturated heterocycles. The highest BCUT2D eigenvalue weighted by molar-refractivity contribution is 7.18. The summed E-state index contributed by atoms with van der Waals surface area (Å²) < 4.78 is 13.7. The molecule has 2 aromatic rings. The Morgan fingerprint density at radius 1 is 1.19 bits per heavy atom. The van der Waals surface area contributed by atoms with Gasteiger partial charge in [-0.2, -0.15) is 0 Å². The number of nitrogens with zero attached hydrogens (tertiary/aromatic N) is 4. The van der Waals surface area contributed by atoms with Crippen LogP contribution in [0.3, 0.4) is 0 Å². The second-order valence-electron chi connectivity index (χ2n) is 8.29. The Morgan fingerprint density at radius 2 is 2.07 bits per heavy atom. The van der Waals surface area contributed by atoms with Gasteiger partial charge in [0.1, 0.15) is 5.82 Å². The molecule has 3 aliphatic heterocycles. The summed E-state index contributed by atoms with van der Waals surface area (Å²) in [5.74, 6) is 1.12. The maximum absolute atomic E-state index is 13.7. The van der Waals surface area contributed by atoms with Crippen LogP contribution in [-0.4, -0.2) is 46.8 Å². The first-order valence-corrected chi connectivity index (χ1v) is 10.8. The van der Waals surface area contributed by atoms with Crippen LogP contribution in [0.5, 0.6) is 0 Å². The predicted molar refractivity (Wildman–Crippen MR) is 106 cm³/mol. The molecule has 3 fully saturated rings. The number of benzene rings is 1. The third-order valence-electron chi connectivity index (χ3n) is 6.66. The molecule has 0 unspecified atom stereocenters. The van der Waals surface area contributed by atoms with Crippen molar-refractivity contribution in [1.29, 1.82) is 0 Å². The molecule has 2 N–H and O–H groups in total. The fraction of sp³-hybridized carbons (Fsp3) is 0.600. The predicted octanol–water partition coefficient (Wildman–Crippen LogP) is 3.18. The Kier molecular flexibility index (Phi) is 4.52. The van der Waals surface area contributed by atoms with E-state index in [2.05, 4.69) is 26.1 Å². The van der Waals surface area contributed by atoms with E-state index in [1.165, 1.54) is 49.6 Å². The van der Waals surface area contributed by atoms with Gasteiger partial charge >= 0.3 is 0 Å². The highest BCUT2D eigenvalue weighted by atomic mass is 32.1. The topological polar surface area (TPSA) is 58.3 Å². The maximum Gasteiger partial charge on any atom is 0.210 e. The van der Waals surface area contributed by atoms with Gasteiger partial charge in [0, 0.05) is 25.2 Å². The molecule has 27 heavy (non-hydrogen) atoms. The Bertz CT molecular complexity index is 811. The van der Waals surface area contributed by atoms with Crippen molar-refractivity contribution in [2.45, 2.75) is 44.2 Å². The number of hydrogen-bond donors (Lipinski definition) is 1.